The zero-order valence-corrected chi connectivity index (χ0v) is 26.5. The van der Waals surface area contributed by atoms with E-state index in [2.05, 4.69) is 72.7 Å². The van der Waals surface area contributed by atoms with Gasteiger partial charge in [0.25, 0.3) is 0 Å². The van der Waals surface area contributed by atoms with Gasteiger partial charge in [-0.3, -0.25) is 9.80 Å². The number of benzene rings is 2. The predicted molar refractivity (Wildman–Crippen MR) is 174 cm³/mol. The SMILES string of the molecule is CC(Cn1c(C#N)cc2cc(CN3CCC4(CC3C)CN(c3ncnc5ccc(CC(F)(F)F)cc35)C4)ccc21)N1CCNCC1. The first-order valence-electron chi connectivity index (χ1n) is 16.4. The maximum Gasteiger partial charge on any atom is 0.393 e. The highest BCUT2D eigenvalue weighted by Crippen LogP contribution is 2.45. The smallest absolute Gasteiger partial charge is 0.355 e. The van der Waals surface area contributed by atoms with E-state index in [0.29, 0.717) is 28.7 Å². The summed E-state index contributed by atoms with van der Waals surface area (Å²) in [5.41, 5.74) is 4.17. The van der Waals surface area contributed by atoms with Gasteiger partial charge in [-0.15, -0.1) is 0 Å². The van der Waals surface area contributed by atoms with Crippen molar-refractivity contribution in [3.63, 3.8) is 0 Å². The number of fused-ring (bicyclic) bond motifs is 2. The van der Waals surface area contributed by atoms with E-state index in [-0.39, 0.29) is 11.0 Å². The lowest BCUT2D eigenvalue weighted by Crippen LogP contribution is -2.62. The Bertz CT molecular complexity index is 1760. The van der Waals surface area contributed by atoms with E-state index in [0.717, 1.165) is 88.5 Å². The minimum Gasteiger partial charge on any atom is -0.355 e. The van der Waals surface area contributed by atoms with E-state index in [1.165, 1.54) is 18.0 Å². The number of nitrogens with one attached hydrogen (secondary N) is 1. The number of rotatable bonds is 7. The average molecular weight is 631 g/mol. The summed E-state index contributed by atoms with van der Waals surface area (Å²) >= 11 is 0. The van der Waals surface area contributed by atoms with Crippen LogP contribution in [-0.4, -0.2) is 88.4 Å². The first kappa shape index (κ1) is 30.9. The van der Waals surface area contributed by atoms with Crippen LogP contribution >= 0.6 is 0 Å². The molecule has 3 aliphatic rings. The van der Waals surface area contributed by atoms with Gasteiger partial charge in [0, 0.05) is 86.1 Å². The highest BCUT2D eigenvalue weighted by Gasteiger charge is 2.47. The third-order valence-electron chi connectivity index (χ3n) is 10.4. The molecular weight excluding hydrogens is 589 g/mol. The maximum absolute atomic E-state index is 13.1. The molecule has 7 rings (SSSR count). The molecule has 2 aromatic heterocycles. The van der Waals surface area contributed by atoms with Crippen LogP contribution in [0.15, 0.2) is 48.8 Å². The Morgan fingerprint density at radius 3 is 2.57 bits per heavy atom. The monoisotopic (exact) mass is 630 g/mol. The van der Waals surface area contributed by atoms with Crippen molar-refractivity contribution < 1.29 is 13.2 Å². The number of halogens is 3. The van der Waals surface area contributed by atoms with E-state index in [4.69, 9.17) is 0 Å². The van der Waals surface area contributed by atoms with Crippen LogP contribution in [0.1, 0.15) is 43.5 Å². The second-order valence-electron chi connectivity index (χ2n) is 13.8. The molecular formula is C35H41F3N8. The highest BCUT2D eigenvalue weighted by molar-refractivity contribution is 5.90. The molecule has 2 unspecified atom stereocenters. The molecule has 1 spiro atoms. The summed E-state index contributed by atoms with van der Waals surface area (Å²) in [7, 11) is 0. The molecule has 0 amide bonds. The van der Waals surface area contributed by atoms with E-state index < -0.39 is 12.6 Å². The number of hydrogen-bond donors (Lipinski definition) is 1. The standard InChI is InChI=1S/C35H41F3N8/c1-24-16-34(21-45(22-34)33-30-14-26(17-35(36,37)38)3-5-31(30)41-23-42-33)7-10-44(24)20-27-4-6-32-28(13-27)15-29(18-39)46(32)19-25(2)43-11-8-40-9-12-43/h3-6,13-15,23-25,40H,7-12,16-17,19-22H2,1-2H3. The molecule has 5 heterocycles. The van der Waals surface area contributed by atoms with Crippen LogP contribution in [0.3, 0.4) is 0 Å². The van der Waals surface area contributed by atoms with Crippen molar-refractivity contribution in [1.29, 1.82) is 5.26 Å². The van der Waals surface area contributed by atoms with Gasteiger partial charge >= 0.3 is 6.18 Å². The molecule has 0 radical (unpaired) electrons. The number of anilines is 1. The minimum absolute atomic E-state index is 0.181. The molecule has 8 nitrogen and oxygen atoms in total. The van der Waals surface area contributed by atoms with E-state index >= 15 is 0 Å². The van der Waals surface area contributed by atoms with Crippen molar-refractivity contribution in [2.45, 2.75) is 64.5 Å². The first-order valence-corrected chi connectivity index (χ1v) is 16.4. The van der Waals surface area contributed by atoms with Crippen LogP contribution in [0.25, 0.3) is 21.8 Å². The van der Waals surface area contributed by atoms with Gasteiger partial charge < -0.3 is 14.8 Å². The van der Waals surface area contributed by atoms with Crippen LogP contribution in [-0.2, 0) is 19.5 Å². The molecule has 4 aromatic rings. The van der Waals surface area contributed by atoms with E-state index in [9.17, 15) is 18.4 Å². The van der Waals surface area contributed by atoms with Gasteiger partial charge in [0.2, 0.25) is 0 Å². The Morgan fingerprint density at radius 1 is 1.04 bits per heavy atom. The Hall–Kier alpha value is -3.72. The quantitative estimate of drug-likeness (QED) is 0.295. The van der Waals surface area contributed by atoms with Crippen molar-refractivity contribution in [3.05, 3.63) is 65.6 Å². The number of hydrogen-bond acceptors (Lipinski definition) is 7. The van der Waals surface area contributed by atoms with Gasteiger partial charge in [0.1, 0.15) is 23.9 Å². The number of likely N-dealkylation sites (tertiary alicyclic amines) is 1. The third kappa shape index (κ3) is 6.18. The fourth-order valence-corrected chi connectivity index (χ4v) is 8.02. The Labute approximate surface area is 267 Å². The van der Waals surface area contributed by atoms with Gasteiger partial charge in [-0.2, -0.15) is 18.4 Å². The Morgan fingerprint density at radius 2 is 1.83 bits per heavy atom. The van der Waals surface area contributed by atoms with Crippen LogP contribution < -0.4 is 10.2 Å². The topological polar surface area (TPSA) is 76.2 Å². The van der Waals surface area contributed by atoms with Crippen molar-refractivity contribution in [1.82, 2.24) is 29.7 Å². The summed E-state index contributed by atoms with van der Waals surface area (Å²) in [4.78, 5) is 16.1. The molecule has 0 aliphatic carbocycles. The minimum atomic E-state index is -4.26. The van der Waals surface area contributed by atoms with Gasteiger partial charge in [0.05, 0.1) is 11.9 Å². The summed E-state index contributed by atoms with van der Waals surface area (Å²) in [6.45, 7) is 13.0. The molecule has 0 bridgehead atoms. The molecule has 0 saturated carbocycles. The van der Waals surface area contributed by atoms with Gasteiger partial charge in [-0.05, 0) is 74.7 Å². The summed E-state index contributed by atoms with van der Waals surface area (Å²) in [5, 5.41) is 15.1. The van der Waals surface area contributed by atoms with Crippen LogP contribution in [0.4, 0.5) is 19.0 Å². The number of piperidine rings is 1. The van der Waals surface area contributed by atoms with E-state index in [1.807, 2.05) is 6.07 Å². The van der Waals surface area contributed by atoms with Gasteiger partial charge in [-0.1, -0.05) is 12.1 Å². The largest absolute Gasteiger partial charge is 0.393 e. The lowest BCUT2D eigenvalue weighted by atomic mass is 9.69. The van der Waals surface area contributed by atoms with Crippen molar-refractivity contribution in [2.75, 3.05) is 50.7 Å². The number of alkyl halides is 3. The summed E-state index contributed by atoms with van der Waals surface area (Å²) < 4.78 is 41.4. The molecule has 3 aliphatic heterocycles. The first-order chi connectivity index (χ1) is 22.1. The number of piperazine rings is 1. The molecule has 3 fully saturated rings. The van der Waals surface area contributed by atoms with E-state index in [1.54, 1.807) is 12.1 Å². The predicted octanol–water partition coefficient (Wildman–Crippen LogP) is 5.35. The van der Waals surface area contributed by atoms with Crippen LogP contribution in [0.2, 0.25) is 0 Å². The van der Waals surface area contributed by atoms with Gasteiger partial charge in [0.15, 0.2) is 0 Å². The summed E-state index contributed by atoms with van der Waals surface area (Å²) in [6.07, 6.45) is -1.57. The molecule has 2 aromatic carbocycles. The van der Waals surface area contributed by atoms with Crippen molar-refractivity contribution in [2.24, 2.45) is 5.41 Å². The second kappa shape index (κ2) is 12.1. The summed E-state index contributed by atoms with van der Waals surface area (Å²) in [5.74, 6) is 0.731. The normalized spacial score (nSPS) is 21.5. The van der Waals surface area contributed by atoms with Crippen LogP contribution in [0.5, 0.6) is 0 Å². The number of nitrogens with zero attached hydrogens (tertiary/aromatic N) is 7. The molecule has 2 atom stereocenters. The third-order valence-corrected chi connectivity index (χ3v) is 10.4. The summed E-state index contributed by atoms with van der Waals surface area (Å²) in [6, 6.07) is 16.6. The Kier molecular flexibility index (Phi) is 8.16. The number of aromatic nitrogens is 3. The highest BCUT2D eigenvalue weighted by atomic mass is 19.4. The molecule has 3 saturated heterocycles. The molecule has 46 heavy (non-hydrogen) atoms. The fraction of sp³-hybridized carbons (Fsp3) is 0.514. The lowest BCUT2D eigenvalue weighted by molar-refractivity contribution is -0.127. The van der Waals surface area contributed by atoms with Gasteiger partial charge in [-0.25, -0.2) is 9.97 Å². The van der Waals surface area contributed by atoms with Crippen molar-refractivity contribution in [3.8, 4) is 6.07 Å². The molecule has 1 N–H and O–H groups in total. The Balaban J connectivity index is 1.00. The molecule has 242 valence electrons. The fourth-order valence-electron chi connectivity index (χ4n) is 8.02. The molecule has 11 heteroatoms. The lowest BCUT2D eigenvalue weighted by Gasteiger charge is -2.56. The zero-order valence-electron chi connectivity index (χ0n) is 26.5. The average Bonchev–Trinajstić information content (AvgIpc) is 3.36. The van der Waals surface area contributed by atoms with Crippen LogP contribution in [0, 0.1) is 16.7 Å². The number of nitriles is 1. The maximum atomic E-state index is 13.1. The van der Waals surface area contributed by atoms with Crippen molar-refractivity contribution >= 4 is 27.6 Å². The second-order valence-corrected chi connectivity index (χ2v) is 13.8. The zero-order chi connectivity index (χ0) is 32.1.